The summed E-state index contributed by atoms with van der Waals surface area (Å²) in [6.07, 6.45) is 4.08. The summed E-state index contributed by atoms with van der Waals surface area (Å²) in [7, 11) is -1.08. The highest BCUT2D eigenvalue weighted by Crippen LogP contribution is 2.54. The average Bonchev–Trinajstić information content (AvgIpc) is 2.84. The van der Waals surface area contributed by atoms with E-state index in [0.29, 0.717) is 0 Å². The van der Waals surface area contributed by atoms with Crippen molar-refractivity contribution in [2.24, 2.45) is 11.8 Å². The van der Waals surface area contributed by atoms with Gasteiger partial charge in [0.05, 0.1) is 11.7 Å². The Morgan fingerprint density at radius 3 is 2.54 bits per heavy atom. The quantitative estimate of drug-likeness (QED) is 0.291. The molecule has 1 aromatic carbocycles. The molecule has 0 bridgehead atoms. The highest BCUT2D eigenvalue weighted by molar-refractivity contribution is 7.53. The molecule has 1 fully saturated rings. The molecule has 5 nitrogen and oxygen atoms in total. The molecule has 0 aliphatic heterocycles. The third-order valence-electron chi connectivity index (χ3n) is 4.85. The van der Waals surface area contributed by atoms with Crippen molar-refractivity contribution in [3.05, 3.63) is 48.0 Å². The van der Waals surface area contributed by atoms with Gasteiger partial charge in [-0.15, -0.1) is 0 Å². The van der Waals surface area contributed by atoms with E-state index in [2.05, 4.69) is 14.8 Å². The Labute approximate surface area is 169 Å². The molecule has 0 amide bonds. The summed E-state index contributed by atoms with van der Waals surface area (Å²) < 4.78 is 29.6. The third-order valence-corrected chi connectivity index (χ3v) is 6.36. The van der Waals surface area contributed by atoms with Crippen LogP contribution in [-0.2, 0) is 29.8 Å². The van der Waals surface area contributed by atoms with Gasteiger partial charge in [0.2, 0.25) is 0 Å². The molecule has 5 atom stereocenters. The van der Waals surface area contributed by atoms with Crippen molar-refractivity contribution >= 4 is 21.4 Å². The fourth-order valence-electron chi connectivity index (χ4n) is 3.71. The Hall–Kier alpha value is -1.36. The molecule has 0 N–H and O–H groups in total. The lowest BCUT2D eigenvalue weighted by Gasteiger charge is -2.30. The number of hydrogen-bond donors (Lipinski definition) is 0. The van der Waals surface area contributed by atoms with E-state index in [-0.39, 0.29) is 36.3 Å². The number of hydrogen-bond acceptors (Lipinski definition) is 5. The van der Waals surface area contributed by atoms with Crippen LogP contribution in [0.25, 0.3) is 0 Å². The average molecular weight is 406 g/mol. The monoisotopic (exact) mass is 406 g/mol. The first-order valence-corrected chi connectivity index (χ1v) is 11.8. The highest BCUT2D eigenvalue weighted by Gasteiger charge is 2.41. The summed E-state index contributed by atoms with van der Waals surface area (Å²) >= 11 is 0. The van der Waals surface area contributed by atoms with Crippen LogP contribution in [0.5, 0.6) is 0 Å². The third kappa shape index (κ3) is 7.23. The molecular formula is C21H32BO5P. The van der Waals surface area contributed by atoms with Gasteiger partial charge in [-0.05, 0) is 50.4 Å². The van der Waals surface area contributed by atoms with E-state index in [0.717, 1.165) is 12.0 Å². The standard InChI is InChI=1S/C21H32BO5P/c1-15-17(11-12-19(23)25-14-16-9-7-6-8-10-16)13-18(22)20(15)26-28(5,24)27-21(2,3)4/h6-12,15,17-18,20H,13-14,22H2,1-5H3/b12-11+/t15?,17-,18+,20-,28?/m0/s1. The van der Waals surface area contributed by atoms with E-state index in [4.69, 9.17) is 13.8 Å². The molecule has 28 heavy (non-hydrogen) atoms. The first-order chi connectivity index (χ1) is 13.0. The van der Waals surface area contributed by atoms with Gasteiger partial charge in [-0.3, -0.25) is 4.57 Å². The Bertz CT molecular complexity index is 728. The van der Waals surface area contributed by atoms with Gasteiger partial charge < -0.3 is 13.8 Å². The van der Waals surface area contributed by atoms with Crippen LogP contribution in [0.4, 0.5) is 0 Å². The lowest BCUT2D eigenvalue weighted by atomic mass is 9.83. The number of allylic oxidation sites excluding steroid dienone is 1. The minimum atomic E-state index is -3.16. The van der Waals surface area contributed by atoms with Crippen molar-refractivity contribution < 1.29 is 23.1 Å². The second-order valence-corrected chi connectivity index (χ2v) is 10.7. The van der Waals surface area contributed by atoms with Crippen LogP contribution in [0.15, 0.2) is 42.5 Å². The number of carbonyl (C=O) groups excluding carboxylic acids is 1. The SMILES string of the molecule is B[C@@H]1C[C@H](/C=C/C(=O)OCc2ccccc2)C(C)[C@@H]1OP(C)(=O)OC(C)(C)C. The summed E-state index contributed by atoms with van der Waals surface area (Å²) in [5, 5.41) is 0. The predicted octanol–water partition coefficient (Wildman–Crippen LogP) is 4.39. The molecule has 0 radical (unpaired) electrons. The first kappa shape index (κ1) is 22.9. The molecule has 0 saturated heterocycles. The topological polar surface area (TPSA) is 61.8 Å². The van der Waals surface area contributed by atoms with Crippen molar-refractivity contribution in [1.29, 1.82) is 0 Å². The molecule has 0 spiro atoms. The summed E-state index contributed by atoms with van der Waals surface area (Å²) in [5.41, 5.74) is 0.426. The first-order valence-electron chi connectivity index (χ1n) is 9.82. The van der Waals surface area contributed by atoms with E-state index in [1.54, 1.807) is 0 Å². The van der Waals surface area contributed by atoms with Gasteiger partial charge in [0, 0.05) is 12.7 Å². The van der Waals surface area contributed by atoms with Crippen LogP contribution in [0.2, 0.25) is 5.82 Å². The zero-order valence-corrected chi connectivity index (χ0v) is 18.6. The largest absolute Gasteiger partial charge is 0.458 e. The Morgan fingerprint density at radius 2 is 1.93 bits per heavy atom. The van der Waals surface area contributed by atoms with Crippen molar-refractivity contribution in [3.63, 3.8) is 0 Å². The second-order valence-electron chi connectivity index (χ2n) is 8.73. The number of esters is 1. The maximum Gasteiger partial charge on any atom is 0.330 e. The van der Waals surface area contributed by atoms with Gasteiger partial charge in [0.15, 0.2) is 0 Å². The zero-order valence-electron chi connectivity index (χ0n) is 17.8. The summed E-state index contributed by atoms with van der Waals surface area (Å²) in [5.74, 6) is 0.163. The lowest BCUT2D eigenvalue weighted by molar-refractivity contribution is -0.139. The van der Waals surface area contributed by atoms with Gasteiger partial charge in [0.25, 0.3) is 0 Å². The zero-order chi connectivity index (χ0) is 20.9. The van der Waals surface area contributed by atoms with E-state index in [1.807, 2.05) is 57.2 Å². The van der Waals surface area contributed by atoms with E-state index >= 15 is 0 Å². The number of ether oxygens (including phenoxy) is 1. The molecule has 0 heterocycles. The predicted molar refractivity (Wildman–Crippen MR) is 114 cm³/mol. The fraction of sp³-hybridized carbons (Fsp3) is 0.571. The van der Waals surface area contributed by atoms with Crippen molar-refractivity contribution in [2.75, 3.05) is 6.66 Å². The molecule has 1 aliphatic carbocycles. The van der Waals surface area contributed by atoms with Crippen LogP contribution in [0, 0.1) is 11.8 Å². The Morgan fingerprint density at radius 1 is 1.29 bits per heavy atom. The number of carbonyl (C=O) groups is 1. The van der Waals surface area contributed by atoms with E-state index in [1.165, 1.54) is 12.7 Å². The lowest BCUT2D eigenvalue weighted by Crippen LogP contribution is -2.24. The van der Waals surface area contributed by atoms with Crippen LogP contribution in [-0.4, -0.2) is 32.2 Å². The summed E-state index contributed by atoms with van der Waals surface area (Å²) in [4.78, 5) is 12.0. The molecule has 2 unspecified atom stereocenters. The van der Waals surface area contributed by atoms with Gasteiger partial charge in [0.1, 0.15) is 14.5 Å². The molecule has 7 heteroatoms. The van der Waals surface area contributed by atoms with Gasteiger partial charge in [-0.2, -0.15) is 0 Å². The van der Waals surface area contributed by atoms with Gasteiger partial charge >= 0.3 is 13.6 Å². The second kappa shape index (κ2) is 9.43. The maximum atomic E-state index is 12.7. The van der Waals surface area contributed by atoms with E-state index in [9.17, 15) is 9.36 Å². The number of rotatable bonds is 7. The Balaban J connectivity index is 1.90. The fourth-order valence-corrected chi connectivity index (χ4v) is 5.59. The van der Waals surface area contributed by atoms with Crippen molar-refractivity contribution in [1.82, 2.24) is 0 Å². The van der Waals surface area contributed by atoms with E-state index < -0.39 is 13.2 Å². The summed E-state index contributed by atoms with van der Waals surface area (Å²) in [6.45, 7) is 9.44. The smallest absolute Gasteiger partial charge is 0.330 e. The van der Waals surface area contributed by atoms with Crippen LogP contribution >= 0.6 is 7.60 Å². The molecule has 154 valence electrons. The molecular weight excluding hydrogens is 374 g/mol. The van der Waals surface area contributed by atoms with Crippen LogP contribution < -0.4 is 0 Å². The Kier molecular flexibility index (Phi) is 7.72. The molecule has 2 rings (SSSR count). The van der Waals surface area contributed by atoms with Crippen LogP contribution in [0.1, 0.15) is 39.7 Å². The minimum absolute atomic E-state index is 0.130. The van der Waals surface area contributed by atoms with Gasteiger partial charge in [-0.1, -0.05) is 43.3 Å². The van der Waals surface area contributed by atoms with Crippen molar-refractivity contribution in [2.45, 2.75) is 58.2 Å². The molecule has 1 aliphatic rings. The normalized spacial score (nSPS) is 27.6. The molecule has 0 aromatic heterocycles. The number of benzene rings is 1. The van der Waals surface area contributed by atoms with Crippen molar-refractivity contribution in [3.8, 4) is 0 Å². The maximum absolute atomic E-state index is 12.7. The molecule has 1 saturated carbocycles. The van der Waals surface area contributed by atoms with Crippen LogP contribution in [0.3, 0.4) is 0 Å². The minimum Gasteiger partial charge on any atom is -0.458 e. The van der Waals surface area contributed by atoms with Gasteiger partial charge in [-0.25, -0.2) is 4.79 Å². The highest BCUT2D eigenvalue weighted by atomic mass is 31.2. The summed E-state index contributed by atoms with van der Waals surface area (Å²) in [6, 6.07) is 9.59. The molecule has 1 aromatic rings.